The molecule has 0 saturated carbocycles. The molecule has 2 aliphatic rings. The maximum atomic E-state index is 2.63. The molecule has 0 bridgehead atoms. The molecule has 2 aliphatic carbocycles. The summed E-state index contributed by atoms with van der Waals surface area (Å²) in [5.41, 5.74) is 12.7. The molecule has 0 aromatic heterocycles. The van der Waals surface area contributed by atoms with Gasteiger partial charge in [-0.15, -0.1) is 24.8 Å². The fourth-order valence-corrected chi connectivity index (χ4v) is 13.1. The van der Waals surface area contributed by atoms with Gasteiger partial charge >= 0.3 is 191 Å². The van der Waals surface area contributed by atoms with E-state index in [2.05, 4.69) is 106 Å². The summed E-state index contributed by atoms with van der Waals surface area (Å²) in [7, 11) is 0. The molecule has 2 aromatic carbocycles. The summed E-state index contributed by atoms with van der Waals surface area (Å²) in [6.07, 6.45) is 8.00. The van der Waals surface area contributed by atoms with Crippen molar-refractivity contribution in [2.24, 2.45) is 0 Å². The average molecular weight is 566 g/mol. The Labute approximate surface area is 213 Å². The molecular formula is C28H39Cl2SiZr. The zero-order valence-electron chi connectivity index (χ0n) is 20.9. The second kappa shape index (κ2) is 9.33. The Hall–Kier alpha value is -0.400. The van der Waals surface area contributed by atoms with Crippen molar-refractivity contribution < 1.29 is 18.9 Å². The van der Waals surface area contributed by atoms with E-state index in [1.54, 1.807) is 16.7 Å². The summed E-state index contributed by atoms with van der Waals surface area (Å²) in [5.74, 6) is 0. The summed E-state index contributed by atoms with van der Waals surface area (Å²) in [6.45, 7) is 16.5. The molecule has 0 N–H and O–H groups in total. The molecule has 0 nitrogen and oxygen atoms in total. The first-order valence-electron chi connectivity index (χ1n) is 11.3. The number of rotatable bonds is 2. The Balaban J connectivity index is 0.00000181. The van der Waals surface area contributed by atoms with Crippen molar-refractivity contribution in [1.82, 2.24) is 0 Å². The van der Waals surface area contributed by atoms with E-state index in [0.29, 0.717) is 3.63 Å². The fourth-order valence-electron chi connectivity index (χ4n) is 5.24. The van der Waals surface area contributed by atoms with Gasteiger partial charge < -0.3 is 0 Å². The van der Waals surface area contributed by atoms with Gasteiger partial charge in [-0.25, -0.2) is 0 Å². The third-order valence-corrected chi connectivity index (χ3v) is 14.5. The molecule has 0 radical (unpaired) electrons. The van der Waals surface area contributed by atoms with E-state index in [1.165, 1.54) is 27.8 Å². The molecule has 1 atom stereocenters. The van der Waals surface area contributed by atoms with Gasteiger partial charge in [0.05, 0.1) is 0 Å². The van der Waals surface area contributed by atoms with E-state index in [1.807, 2.05) is 0 Å². The van der Waals surface area contributed by atoms with E-state index in [-0.39, 0.29) is 35.6 Å². The quantitative estimate of drug-likeness (QED) is 0.321. The van der Waals surface area contributed by atoms with Gasteiger partial charge in [-0.05, 0) is 0 Å². The zero-order valence-corrected chi connectivity index (χ0v) is 26.4. The minimum Gasteiger partial charge on any atom is -0.147 e. The molecule has 1 unspecified atom stereocenters. The Morgan fingerprint density at radius 2 is 1.50 bits per heavy atom. The molecule has 173 valence electrons. The minimum absolute atomic E-state index is 0. The maximum absolute atomic E-state index is 2.63. The van der Waals surface area contributed by atoms with E-state index >= 15 is 0 Å². The number of hydrogen-bond donors (Lipinski definition) is 0. The SMILES string of the molecule is CC(C)(C)c1ccc2c(c1)[CH]([Zr]([CH3])([CH3])=[SiH2])c1c-2ccc(C(C)(C)C)c1C1=CC=CC1.Cl.Cl. The first kappa shape index (κ1) is 27.8. The van der Waals surface area contributed by atoms with Crippen LogP contribution in [0.25, 0.3) is 16.7 Å². The van der Waals surface area contributed by atoms with Crippen LogP contribution in [0, 0.1) is 0 Å². The molecule has 32 heavy (non-hydrogen) atoms. The predicted molar refractivity (Wildman–Crippen MR) is 148 cm³/mol. The summed E-state index contributed by atoms with van der Waals surface area (Å²) in [4.78, 5) is 0. The number of halogens is 2. The second-order valence-corrected chi connectivity index (χ2v) is 34.0. The van der Waals surface area contributed by atoms with Crippen molar-refractivity contribution in [3.8, 4) is 11.1 Å². The van der Waals surface area contributed by atoms with Crippen molar-refractivity contribution in [2.75, 3.05) is 0 Å². The first-order chi connectivity index (χ1) is 13.8. The number of benzene rings is 2. The van der Waals surface area contributed by atoms with Crippen LogP contribution in [0.4, 0.5) is 0 Å². The predicted octanol–water partition coefficient (Wildman–Crippen LogP) is 8.34. The molecule has 0 saturated heterocycles. The molecule has 0 aliphatic heterocycles. The first-order valence-corrected chi connectivity index (χ1v) is 23.6. The zero-order chi connectivity index (χ0) is 22.1. The van der Waals surface area contributed by atoms with Gasteiger partial charge in [0.15, 0.2) is 0 Å². The molecule has 4 rings (SSSR count). The standard InChI is InChI=1S/C26H29.2CH3.2ClH.H2Si.Zr/c1-25(2,3)19-11-12-20-18(15-19)16-22-21(20)13-14-23(26(4,5)6)24(22)17-9-7-8-10-17;;;;;;/h7-9,11-16H,10H2,1-6H3;2*1H3;2*1H;1H2;. The van der Waals surface area contributed by atoms with E-state index < -0.39 is 18.9 Å². The van der Waals surface area contributed by atoms with Crippen LogP contribution < -0.4 is 0 Å². The third-order valence-electron chi connectivity index (χ3n) is 6.73. The van der Waals surface area contributed by atoms with Gasteiger partial charge in [0.2, 0.25) is 0 Å². The van der Waals surface area contributed by atoms with Crippen LogP contribution in [0.3, 0.4) is 0 Å². The van der Waals surface area contributed by atoms with Crippen molar-refractivity contribution in [3.05, 3.63) is 76.4 Å². The minimum atomic E-state index is -2.35. The molecule has 0 spiro atoms. The summed E-state index contributed by atoms with van der Waals surface area (Å²) >= 11 is -2.35. The van der Waals surface area contributed by atoms with E-state index in [4.69, 9.17) is 0 Å². The van der Waals surface area contributed by atoms with Crippen LogP contribution in [-0.2, 0) is 29.7 Å². The topological polar surface area (TPSA) is 0 Å². The number of allylic oxidation sites excluding steroid dienone is 4. The van der Waals surface area contributed by atoms with Crippen LogP contribution in [0.2, 0.25) is 9.26 Å². The Kier molecular flexibility index (Phi) is 8.12. The van der Waals surface area contributed by atoms with Crippen LogP contribution >= 0.6 is 24.8 Å². The van der Waals surface area contributed by atoms with Gasteiger partial charge in [0, 0.05) is 0 Å². The molecule has 0 amide bonds. The average Bonchev–Trinajstić information content (AvgIpc) is 3.24. The van der Waals surface area contributed by atoms with Crippen molar-refractivity contribution in [1.29, 1.82) is 0 Å². The fraction of sp³-hybridized carbons (Fsp3) is 0.429. The van der Waals surface area contributed by atoms with E-state index in [9.17, 15) is 0 Å². The largest absolute Gasteiger partial charge is 0.147 e. The van der Waals surface area contributed by atoms with Crippen molar-refractivity contribution >= 4 is 37.3 Å². The molecule has 0 fully saturated rings. The summed E-state index contributed by atoms with van der Waals surface area (Å²) in [6, 6.07) is 12.2. The van der Waals surface area contributed by atoms with Crippen molar-refractivity contribution in [3.63, 3.8) is 0 Å². The summed E-state index contributed by atoms with van der Waals surface area (Å²) in [5, 5.41) is 0. The Morgan fingerprint density at radius 1 is 0.875 bits per heavy atom. The monoisotopic (exact) mass is 563 g/mol. The molecule has 0 heterocycles. The van der Waals surface area contributed by atoms with E-state index in [0.717, 1.165) is 6.42 Å². The normalized spacial score (nSPS) is 17.2. The second-order valence-electron chi connectivity index (χ2n) is 12.0. The van der Waals surface area contributed by atoms with Crippen LogP contribution in [0.15, 0.2) is 48.6 Å². The van der Waals surface area contributed by atoms with Crippen LogP contribution in [0.1, 0.15) is 79.4 Å². The Bertz CT molecular complexity index is 1140. The number of fused-ring (bicyclic) bond motifs is 3. The van der Waals surface area contributed by atoms with Gasteiger partial charge in [-0.1, -0.05) is 0 Å². The van der Waals surface area contributed by atoms with Gasteiger partial charge in [-0.3, -0.25) is 0 Å². The van der Waals surface area contributed by atoms with Crippen LogP contribution in [0.5, 0.6) is 0 Å². The molecule has 4 heteroatoms. The molecular weight excluding hydrogens is 527 g/mol. The smallest absolute Gasteiger partial charge is 0.147 e. The van der Waals surface area contributed by atoms with Gasteiger partial charge in [0.25, 0.3) is 0 Å². The van der Waals surface area contributed by atoms with Crippen molar-refractivity contribution in [2.45, 2.75) is 71.7 Å². The van der Waals surface area contributed by atoms with Gasteiger partial charge in [-0.2, -0.15) is 0 Å². The van der Waals surface area contributed by atoms with Gasteiger partial charge in [0.1, 0.15) is 0 Å². The number of hydrogen-bond acceptors (Lipinski definition) is 0. The third kappa shape index (κ3) is 4.86. The van der Waals surface area contributed by atoms with Crippen LogP contribution in [-0.4, -0.2) is 6.88 Å². The summed E-state index contributed by atoms with van der Waals surface area (Å²) < 4.78 is 5.90. The molecule has 2 aromatic rings. The Morgan fingerprint density at radius 3 is 2.00 bits per heavy atom. The maximum Gasteiger partial charge on any atom is -0.147 e.